The fourth-order valence-electron chi connectivity index (χ4n) is 5.63. The van der Waals surface area contributed by atoms with Crippen LogP contribution in [0.25, 0.3) is 0 Å². The number of nitrogens with one attached hydrogen (secondary N) is 1. The lowest BCUT2D eigenvalue weighted by molar-refractivity contribution is -0.140. The Morgan fingerprint density at radius 3 is 2.20 bits per heavy atom. The number of benzene rings is 4. The molecule has 7 nitrogen and oxygen atoms in total. The number of rotatable bonds is 12. The van der Waals surface area contributed by atoms with E-state index < -0.39 is 34.3 Å². The van der Waals surface area contributed by atoms with Crippen LogP contribution in [0.2, 0.25) is 10.0 Å². The molecule has 5 rings (SSSR count). The van der Waals surface area contributed by atoms with Crippen molar-refractivity contribution in [2.24, 2.45) is 0 Å². The molecule has 0 bridgehead atoms. The Bertz CT molecular complexity index is 1770. The van der Waals surface area contributed by atoms with Crippen molar-refractivity contribution in [2.45, 2.75) is 55.6 Å². The van der Waals surface area contributed by atoms with Crippen LogP contribution in [0.1, 0.15) is 36.8 Å². The molecular weight excluding hydrogens is 648 g/mol. The van der Waals surface area contributed by atoms with Gasteiger partial charge in [-0.15, -0.1) is 0 Å². The molecule has 240 valence electrons. The first-order valence-electron chi connectivity index (χ1n) is 15.0. The summed E-state index contributed by atoms with van der Waals surface area (Å²) in [5.41, 5.74) is 1.13. The number of hydrogen-bond acceptors (Lipinski definition) is 4. The van der Waals surface area contributed by atoms with Gasteiger partial charge in [0.15, 0.2) is 0 Å². The molecule has 4 aromatic carbocycles. The van der Waals surface area contributed by atoms with Gasteiger partial charge >= 0.3 is 0 Å². The molecule has 0 aliphatic heterocycles. The summed E-state index contributed by atoms with van der Waals surface area (Å²) in [7, 11) is -4.33. The largest absolute Gasteiger partial charge is 0.352 e. The van der Waals surface area contributed by atoms with E-state index in [1.54, 1.807) is 30.3 Å². The van der Waals surface area contributed by atoms with E-state index in [0.29, 0.717) is 5.02 Å². The molecule has 11 heteroatoms. The molecule has 1 aliphatic carbocycles. The van der Waals surface area contributed by atoms with Gasteiger partial charge in [-0.3, -0.25) is 13.9 Å². The topological polar surface area (TPSA) is 86.8 Å². The van der Waals surface area contributed by atoms with Gasteiger partial charge in [-0.05, 0) is 66.9 Å². The van der Waals surface area contributed by atoms with Crippen LogP contribution in [0.15, 0.2) is 108 Å². The van der Waals surface area contributed by atoms with Gasteiger partial charge in [-0.25, -0.2) is 12.8 Å². The predicted molar refractivity (Wildman–Crippen MR) is 179 cm³/mol. The molecule has 0 unspecified atom stereocenters. The Kier molecular flexibility index (Phi) is 11.0. The summed E-state index contributed by atoms with van der Waals surface area (Å²) in [4.78, 5) is 29.7. The van der Waals surface area contributed by atoms with Crippen LogP contribution in [0.5, 0.6) is 0 Å². The normalized spacial score (nSPS) is 14.1. The van der Waals surface area contributed by atoms with Gasteiger partial charge in [0.05, 0.1) is 10.6 Å². The first-order valence-corrected chi connectivity index (χ1v) is 17.2. The Balaban J connectivity index is 1.57. The Morgan fingerprint density at radius 1 is 0.848 bits per heavy atom. The molecule has 0 radical (unpaired) electrons. The molecule has 46 heavy (non-hydrogen) atoms. The van der Waals surface area contributed by atoms with E-state index in [2.05, 4.69) is 5.32 Å². The summed E-state index contributed by atoms with van der Waals surface area (Å²) in [6, 6.07) is 25.9. The third-order valence-electron chi connectivity index (χ3n) is 8.05. The lowest BCUT2D eigenvalue weighted by Gasteiger charge is -2.34. The SMILES string of the molecule is O=C(NC1CCCC1)[C@H](Cc1ccccc1)N(Cc1ccccc1F)C(=O)CN(c1cccc(Cl)c1)S(=O)(=O)c1ccc(Cl)cc1. The zero-order chi connectivity index (χ0) is 32.7. The summed E-state index contributed by atoms with van der Waals surface area (Å²) < 4.78 is 44.2. The van der Waals surface area contributed by atoms with E-state index >= 15 is 4.39 Å². The molecule has 1 N–H and O–H groups in total. The van der Waals surface area contributed by atoms with Crippen LogP contribution in [0, 0.1) is 5.82 Å². The second kappa shape index (κ2) is 15.1. The molecule has 1 atom stereocenters. The van der Waals surface area contributed by atoms with Crippen molar-refractivity contribution in [3.05, 3.63) is 130 Å². The molecule has 4 aromatic rings. The van der Waals surface area contributed by atoms with E-state index in [1.807, 2.05) is 30.3 Å². The number of carbonyl (C=O) groups excluding carboxylic acids is 2. The molecule has 0 saturated heterocycles. The minimum Gasteiger partial charge on any atom is -0.352 e. The monoisotopic (exact) mass is 681 g/mol. The quantitative estimate of drug-likeness (QED) is 0.174. The van der Waals surface area contributed by atoms with Crippen molar-refractivity contribution in [2.75, 3.05) is 10.8 Å². The highest BCUT2D eigenvalue weighted by molar-refractivity contribution is 7.92. The van der Waals surface area contributed by atoms with E-state index in [9.17, 15) is 18.0 Å². The maximum atomic E-state index is 15.1. The maximum Gasteiger partial charge on any atom is 0.264 e. The highest BCUT2D eigenvalue weighted by Gasteiger charge is 2.36. The number of anilines is 1. The van der Waals surface area contributed by atoms with Gasteiger partial charge < -0.3 is 10.2 Å². The lowest BCUT2D eigenvalue weighted by Crippen LogP contribution is -2.54. The third-order valence-corrected chi connectivity index (χ3v) is 10.3. The molecule has 0 spiro atoms. The van der Waals surface area contributed by atoms with Gasteiger partial charge in [-0.2, -0.15) is 0 Å². The Morgan fingerprint density at radius 2 is 1.52 bits per heavy atom. The van der Waals surface area contributed by atoms with Crippen LogP contribution in [0.4, 0.5) is 10.1 Å². The number of sulfonamides is 1. The summed E-state index contributed by atoms with van der Waals surface area (Å²) in [5.74, 6) is -1.62. The average molecular weight is 683 g/mol. The van der Waals surface area contributed by atoms with Crippen LogP contribution < -0.4 is 9.62 Å². The van der Waals surface area contributed by atoms with E-state index in [0.717, 1.165) is 35.6 Å². The molecule has 1 aliphatic rings. The summed E-state index contributed by atoms with van der Waals surface area (Å²) >= 11 is 12.3. The van der Waals surface area contributed by atoms with E-state index in [1.165, 1.54) is 47.4 Å². The minimum atomic E-state index is -4.33. The zero-order valence-electron chi connectivity index (χ0n) is 25.0. The van der Waals surface area contributed by atoms with Crippen molar-refractivity contribution in [3.8, 4) is 0 Å². The smallest absolute Gasteiger partial charge is 0.264 e. The van der Waals surface area contributed by atoms with Crippen LogP contribution >= 0.6 is 23.2 Å². The van der Waals surface area contributed by atoms with Crippen molar-refractivity contribution in [3.63, 3.8) is 0 Å². The Labute approximate surface area is 279 Å². The summed E-state index contributed by atoms with van der Waals surface area (Å²) in [6.45, 7) is -0.937. The number of halogens is 3. The van der Waals surface area contributed by atoms with Crippen molar-refractivity contribution in [1.82, 2.24) is 10.2 Å². The Hall–Kier alpha value is -3.92. The number of carbonyl (C=O) groups is 2. The first kappa shape index (κ1) is 33.4. The van der Waals surface area contributed by atoms with Crippen molar-refractivity contribution in [1.29, 1.82) is 0 Å². The fourth-order valence-corrected chi connectivity index (χ4v) is 7.34. The van der Waals surface area contributed by atoms with Crippen LogP contribution in [0.3, 0.4) is 0 Å². The molecular formula is C35H34Cl2FN3O4S. The molecule has 0 aromatic heterocycles. The van der Waals surface area contributed by atoms with Crippen molar-refractivity contribution >= 4 is 50.7 Å². The van der Waals surface area contributed by atoms with Gasteiger partial charge in [-0.1, -0.05) is 90.6 Å². The van der Waals surface area contributed by atoms with Gasteiger partial charge in [0.1, 0.15) is 18.4 Å². The standard InChI is InChI=1S/C35H34Cl2FN3O4S/c36-27-17-19-31(20-18-27)46(44,45)41(30-15-8-12-28(37)22-30)24-34(42)40(23-26-11-4-7-16-32(26)38)33(21-25-9-2-1-3-10-25)35(43)39-29-13-5-6-14-29/h1-4,7-12,15-20,22,29,33H,5-6,13-14,21,23-24H2,(H,39,43)/t33-/m0/s1. The van der Waals surface area contributed by atoms with E-state index in [-0.39, 0.29) is 46.1 Å². The van der Waals surface area contributed by atoms with Crippen molar-refractivity contribution < 1.29 is 22.4 Å². The average Bonchev–Trinajstić information content (AvgIpc) is 3.56. The molecule has 2 amide bonds. The first-order chi connectivity index (χ1) is 22.1. The number of nitrogens with zero attached hydrogens (tertiary/aromatic N) is 2. The van der Waals surface area contributed by atoms with Crippen LogP contribution in [-0.2, 0) is 32.6 Å². The minimum absolute atomic E-state index is 0.0376. The lowest BCUT2D eigenvalue weighted by atomic mass is 10.0. The second-order valence-corrected chi connectivity index (χ2v) is 14.0. The number of amides is 2. The third kappa shape index (κ3) is 8.26. The fraction of sp³-hybridized carbons (Fsp3) is 0.257. The second-order valence-electron chi connectivity index (χ2n) is 11.3. The van der Waals surface area contributed by atoms with Gasteiger partial charge in [0, 0.05) is 34.6 Å². The maximum absolute atomic E-state index is 15.1. The predicted octanol–water partition coefficient (Wildman–Crippen LogP) is 7.03. The van der Waals surface area contributed by atoms with Gasteiger partial charge in [0.2, 0.25) is 11.8 Å². The summed E-state index contributed by atoms with van der Waals surface area (Å²) in [6.07, 6.45) is 3.77. The van der Waals surface area contributed by atoms with Gasteiger partial charge in [0.25, 0.3) is 10.0 Å². The van der Waals surface area contributed by atoms with Crippen LogP contribution in [-0.4, -0.2) is 43.8 Å². The molecule has 0 heterocycles. The zero-order valence-corrected chi connectivity index (χ0v) is 27.3. The van der Waals surface area contributed by atoms with E-state index in [4.69, 9.17) is 23.2 Å². The molecule has 1 saturated carbocycles. The highest BCUT2D eigenvalue weighted by atomic mass is 35.5. The number of hydrogen-bond donors (Lipinski definition) is 1. The summed E-state index contributed by atoms with van der Waals surface area (Å²) in [5, 5.41) is 3.71. The molecule has 1 fully saturated rings. The highest BCUT2D eigenvalue weighted by Crippen LogP contribution is 2.28.